The van der Waals surface area contributed by atoms with Gasteiger partial charge in [0.25, 0.3) is 0 Å². The van der Waals surface area contributed by atoms with Crippen LogP contribution in [0.3, 0.4) is 0 Å². The number of fused-ring (bicyclic) bond motifs is 1. The van der Waals surface area contributed by atoms with Gasteiger partial charge in [0.15, 0.2) is 17.1 Å². The molecule has 158 valence electrons. The molecule has 8 nitrogen and oxygen atoms in total. The molecule has 4 aromatic rings. The fourth-order valence-electron chi connectivity index (χ4n) is 2.87. The third-order valence-electron chi connectivity index (χ3n) is 4.37. The Balaban J connectivity index is 1.52. The summed E-state index contributed by atoms with van der Waals surface area (Å²) in [6.45, 7) is 0. The zero-order valence-corrected chi connectivity index (χ0v) is 17.5. The van der Waals surface area contributed by atoms with Crippen LogP contribution in [0.4, 0.5) is 10.1 Å². The molecule has 0 aliphatic rings. The first-order valence-electron chi connectivity index (χ1n) is 9.20. The van der Waals surface area contributed by atoms with Crippen LogP contribution < -0.4 is 14.8 Å². The van der Waals surface area contributed by atoms with Crippen molar-refractivity contribution >= 4 is 29.0 Å². The number of amides is 1. The number of hydrogen-bond acceptors (Lipinski definition) is 7. The second-order valence-electron chi connectivity index (χ2n) is 6.38. The molecule has 0 saturated carbocycles. The molecular formula is C21H18FN5O3S. The molecule has 10 heteroatoms. The zero-order chi connectivity index (χ0) is 21.8. The van der Waals surface area contributed by atoms with Gasteiger partial charge >= 0.3 is 0 Å². The van der Waals surface area contributed by atoms with Crippen LogP contribution in [-0.4, -0.2) is 45.7 Å². The van der Waals surface area contributed by atoms with E-state index < -0.39 is 0 Å². The van der Waals surface area contributed by atoms with Crippen LogP contribution in [0.15, 0.2) is 59.8 Å². The van der Waals surface area contributed by atoms with E-state index in [4.69, 9.17) is 9.47 Å². The molecule has 0 aliphatic carbocycles. The molecule has 2 aromatic carbocycles. The Hall–Kier alpha value is -3.66. The van der Waals surface area contributed by atoms with E-state index in [1.54, 1.807) is 24.8 Å². The molecule has 1 N–H and O–H groups in total. The number of nitrogens with one attached hydrogen (secondary N) is 1. The number of rotatable bonds is 7. The Bertz CT molecular complexity index is 1230. The monoisotopic (exact) mass is 439 g/mol. The van der Waals surface area contributed by atoms with E-state index in [1.807, 2.05) is 24.3 Å². The number of carbonyl (C=O) groups is 1. The number of anilines is 1. The third kappa shape index (κ3) is 4.58. The average Bonchev–Trinajstić information content (AvgIpc) is 3.21. The van der Waals surface area contributed by atoms with Gasteiger partial charge in [0.2, 0.25) is 11.1 Å². The highest BCUT2D eigenvalue weighted by Gasteiger charge is 2.13. The summed E-state index contributed by atoms with van der Waals surface area (Å²) in [5.74, 6) is 0.710. The highest BCUT2D eigenvalue weighted by Crippen LogP contribution is 2.31. The standard InChI is InChI=1S/C21H18FN5O3S/c1-29-17-9-3-13(11-18(17)30-2)16-8-10-19-24-25-21(27(19)26-16)31-12-20(28)23-15-6-4-14(22)5-7-15/h3-11H,12H2,1-2H3,(H,23,28). The summed E-state index contributed by atoms with van der Waals surface area (Å²) < 4.78 is 25.2. The summed E-state index contributed by atoms with van der Waals surface area (Å²) in [5.41, 5.74) is 2.60. The minimum absolute atomic E-state index is 0.0977. The van der Waals surface area contributed by atoms with Crippen molar-refractivity contribution in [3.05, 3.63) is 60.4 Å². The third-order valence-corrected chi connectivity index (χ3v) is 5.29. The van der Waals surface area contributed by atoms with Gasteiger partial charge in [-0.1, -0.05) is 11.8 Å². The SMILES string of the molecule is COc1ccc(-c2ccc3nnc(SCC(=O)Nc4ccc(F)cc4)n3n2)cc1OC. The molecule has 1 amide bonds. The molecule has 0 fully saturated rings. The van der Waals surface area contributed by atoms with Gasteiger partial charge in [-0.25, -0.2) is 4.39 Å². The topological polar surface area (TPSA) is 90.6 Å². The van der Waals surface area contributed by atoms with Gasteiger partial charge in [0.1, 0.15) is 5.82 Å². The molecule has 0 bridgehead atoms. The quantitative estimate of drug-likeness (QED) is 0.439. The minimum atomic E-state index is -0.362. The first-order valence-corrected chi connectivity index (χ1v) is 10.2. The van der Waals surface area contributed by atoms with Gasteiger partial charge < -0.3 is 14.8 Å². The number of benzene rings is 2. The number of nitrogens with zero attached hydrogens (tertiary/aromatic N) is 4. The second-order valence-corrected chi connectivity index (χ2v) is 7.33. The Morgan fingerprint density at radius 1 is 1.03 bits per heavy atom. The summed E-state index contributed by atoms with van der Waals surface area (Å²) in [6, 6.07) is 14.7. The Labute approximate surface area is 181 Å². The van der Waals surface area contributed by atoms with Gasteiger partial charge in [-0.3, -0.25) is 4.79 Å². The fraction of sp³-hybridized carbons (Fsp3) is 0.143. The smallest absolute Gasteiger partial charge is 0.234 e. The van der Waals surface area contributed by atoms with E-state index in [0.717, 1.165) is 5.56 Å². The lowest BCUT2D eigenvalue weighted by molar-refractivity contribution is -0.113. The molecule has 0 aliphatic heterocycles. The first-order chi connectivity index (χ1) is 15.1. The maximum absolute atomic E-state index is 13.0. The molecule has 2 aromatic heterocycles. The molecule has 0 atom stereocenters. The highest BCUT2D eigenvalue weighted by molar-refractivity contribution is 7.99. The van der Waals surface area contributed by atoms with Gasteiger partial charge in [-0.2, -0.15) is 9.61 Å². The van der Waals surface area contributed by atoms with Gasteiger partial charge in [-0.05, 0) is 54.6 Å². The Kier molecular flexibility index (Phi) is 5.99. The Morgan fingerprint density at radius 2 is 1.81 bits per heavy atom. The summed E-state index contributed by atoms with van der Waals surface area (Å²) >= 11 is 1.20. The summed E-state index contributed by atoms with van der Waals surface area (Å²) in [5, 5.41) is 16.0. The zero-order valence-electron chi connectivity index (χ0n) is 16.7. The molecular weight excluding hydrogens is 421 g/mol. The van der Waals surface area contributed by atoms with Gasteiger partial charge in [0.05, 0.1) is 25.7 Å². The number of ether oxygens (including phenoxy) is 2. The first kappa shape index (κ1) is 20.6. The number of carbonyl (C=O) groups excluding carboxylic acids is 1. The van der Waals surface area contributed by atoms with E-state index in [-0.39, 0.29) is 17.5 Å². The molecule has 0 radical (unpaired) electrons. The maximum atomic E-state index is 13.0. The van der Waals surface area contributed by atoms with Crippen LogP contribution in [0.25, 0.3) is 16.9 Å². The van der Waals surface area contributed by atoms with E-state index in [2.05, 4.69) is 20.6 Å². The lowest BCUT2D eigenvalue weighted by Crippen LogP contribution is -2.14. The lowest BCUT2D eigenvalue weighted by Gasteiger charge is -2.09. The number of aromatic nitrogens is 4. The fourth-order valence-corrected chi connectivity index (χ4v) is 3.56. The molecule has 4 rings (SSSR count). The van der Waals surface area contributed by atoms with Crippen molar-refractivity contribution in [1.29, 1.82) is 0 Å². The Morgan fingerprint density at radius 3 is 2.55 bits per heavy atom. The van der Waals surface area contributed by atoms with Crippen molar-refractivity contribution in [2.75, 3.05) is 25.3 Å². The van der Waals surface area contributed by atoms with Crippen LogP contribution in [0.5, 0.6) is 11.5 Å². The van der Waals surface area contributed by atoms with Crippen LogP contribution in [0.1, 0.15) is 0 Å². The van der Waals surface area contributed by atoms with Crippen molar-refractivity contribution in [3.63, 3.8) is 0 Å². The maximum Gasteiger partial charge on any atom is 0.234 e. The van der Waals surface area contributed by atoms with Gasteiger partial charge in [0, 0.05) is 11.3 Å². The molecule has 2 heterocycles. The second kappa shape index (κ2) is 9.00. The van der Waals surface area contributed by atoms with Crippen molar-refractivity contribution < 1.29 is 18.7 Å². The summed E-state index contributed by atoms with van der Waals surface area (Å²) in [4.78, 5) is 12.2. The number of hydrogen-bond donors (Lipinski definition) is 1. The van der Waals surface area contributed by atoms with E-state index in [0.29, 0.717) is 33.7 Å². The molecule has 31 heavy (non-hydrogen) atoms. The molecule has 0 unspecified atom stereocenters. The van der Waals surface area contributed by atoms with Crippen molar-refractivity contribution in [1.82, 2.24) is 19.8 Å². The number of thioether (sulfide) groups is 1. The molecule has 0 spiro atoms. The van der Waals surface area contributed by atoms with Crippen LogP contribution in [0, 0.1) is 5.82 Å². The van der Waals surface area contributed by atoms with Crippen molar-refractivity contribution in [2.24, 2.45) is 0 Å². The number of halogens is 1. The van der Waals surface area contributed by atoms with E-state index in [9.17, 15) is 9.18 Å². The summed E-state index contributed by atoms with van der Waals surface area (Å²) in [7, 11) is 3.15. The molecule has 0 saturated heterocycles. The van der Waals surface area contributed by atoms with Crippen LogP contribution >= 0.6 is 11.8 Å². The highest BCUT2D eigenvalue weighted by atomic mass is 32.2. The predicted octanol–water partition coefficient (Wildman–Crippen LogP) is 3.68. The normalized spacial score (nSPS) is 10.8. The summed E-state index contributed by atoms with van der Waals surface area (Å²) in [6.07, 6.45) is 0. The van der Waals surface area contributed by atoms with Crippen LogP contribution in [-0.2, 0) is 4.79 Å². The van der Waals surface area contributed by atoms with Crippen molar-refractivity contribution in [3.8, 4) is 22.8 Å². The number of methoxy groups -OCH3 is 2. The minimum Gasteiger partial charge on any atom is -0.493 e. The van der Waals surface area contributed by atoms with E-state index >= 15 is 0 Å². The predicted molar refractivity (Wildman–Crippen MR) is 115 cm³/mol. The van der Waals surface area contributed by atoms with Crippen molar-refractivity contribution in [2.45, 2.75) is 5.16 Å². The largest absolute Gasteiger partial charge is 0.493 e. The van der Waals surface area contributed by atoms with Gasteiger partial charge in [-0.15, -0.1) is 10.2 Å². The lowest BCUT2D eigenvalue weighted by atomic mass is 10.1. The average molecular weight is 439 g/mol. The van der Waals surface area contributed by atoms with Crippen LogP contribution in [0.2, 0.25) is 0 Å². The van der Waals surface area contributed by atoms with E-state index in [1.165, 1.54) is 36.0 Å².